The number of hydrogen-bond acceptors (Lipinski definition) is 6. The zero-order chi connectivity index (χ0) is 21.3. The monoisotopic (exact) mass is 435 g/mol. The van der Waals surface area contributed by atoms with Crippen LogP contribution in [0.25, 0.3) is 21.5 Å². The van der Waals surface area contributed by atoms with Gasteiger partial charge >= 0.3 is 6.36 Å². The van der Waals surface area contributed by atoms with E-state index in [1.807, 2.05) is 5.38 Å². The van der Waals surface area contributed by atoms with E-state index in [1.165, 1.54) is 29.7 Å². The minimum atomic E-state index is -4.77. The van der Waals surface area contributed by atoms with Crippen molar-refractivity contribution in [1.29, 1.82) is 0 Å². The Morgan fingerprint density at radius 3 is 2.73 bits per heavy atom. The molecule has 0 unspecified atom stereocenters. The maximum absolute atomic E-state index is 12.6. The van der Waals surface area contributed by atoms with Crippen molar-refractivity contribution in [2.75, 3.05) is 7.05 Å². The van der Waals surface area contributed by atoms with Crippen molar-refractivity contribution in [3.63, 3.8) is 0 Å². The molecule has 0 fully saturated rings. The number of furan rings is 1. The van der Waals surface area contributed by atoms with Crippen LogP contribution >= 0.6 is 11.3 Å². The lowest BCUT2D eigenvalue weighted by atomic mass is 10.2. The highest BCUT2D eigenvalue weighted by atomic mass is 32.1. The molecule has 0 aliphatic carbocycles. The third-order valence-corrected chi connectivity index (χ3v) is 5.21. The summed E-state index contributed by atoms with van der Waals surface area (Å²) >= 11 is 1.33. The Bertz CT molecular complexity index is 1220. The van der Waals surface area contributed by atoms with E-state index in [-0.39, 0.29) is 24.4 Å². The van der Waals surface area contributed by atoms with Gasteiger partial charge in [0.1, 0.15) is 22.2 Å². The molecule has 4 rings (SSSR count). The second-order valence-electron chi connectivity index (χ2n) is 6.65. The Morgan fingerprint density at radius 1 is 1.20 bits per heavy atom. The van der Waals surface area contributed by atoms with Gasteiger partial charge in [-0.3, -0.25) is 9.69 Å². The lowest BCUT2D eigenvalue weighted by Crippen LogP contribution is -2.23. The van der Waals surface area contributed by atoms with E-state index in [9.17, 15) is 18.0 Å². The van der Waals surface area contributed by atoms with E-state index in [0.717, 1.165) is 0 Å². The van der Waals surface area contributed by atoms with Gasteiger partial charge in [0.25, 0.3) is 5.56 Å². The number of halogens is 3. The van der Waals surface area contributed by atoms with Crippen LogP contribution in [-0.4, -0.2) is 28.3 Å². The van der Waals surface area contributed by atoms with E-state index in [2.05, 4.69) is 14.7 Å². The van der Waals surface area contributed by atoms with Crippen LogP contribution in [0.5, 0.6) is 5.75 Å². The normalized spacial score (nSPS) is 12.0. The Balaban J connectivity index is 1.55. The highest BCUT2D eigenvalue weighted by Gasteiger charge is 2.32. The summed E-state index contributed by atoms with van der Waals surface area (Å²) in [6, 6.07) is 9.45. The molecule has 0 spiro atoms. The first-order valence-corrected chi connectivity index (χ1v) is 9.74. The molecule has 0 aliphatic rings. The van der Waals surface area contributed by atoms with Gasteiger partial charge in [-0.15, -0.1) is 24.5 Å². The number of H-pyrrole nitrogens is 1. The highest BCUT2D eigenvalue weighted by molar-refractivity contribution is 7.17. The fourth-order valence-corrected chi connectivity index (χ4v) is 4.09. The van der Waals surface area contributed by atoms with Gasteiger partial charge in [-0.25, -0.2) is 4.98 Å². The third kappa shape index (κ3) is 4.39. The molecule has 0 atom stereocenters. The van der Waals surface area contributed by atoms with Crippen molar-refractivity contribution in [3.8, 4) is 17.1 Å². The van der Waals surface area contributed by atoms with E-state index in [0.29, 0.717) is 32.9 Å². The topological polar surface area (TPSA) is 71.4 Å². The first-order chi connectivity index (χ1) is 14.3. The van der Waals surface area contributed by atoms with Crippen molar-refractivity contribution < 1.29 is 22.3 Å². The van der Waals surface area contributed by atoms with Crippen molar-refractivity contribution >= 4 is 21.6 Å². The second kappa shape index (κ2) is 7.96. The molecular formula is C20H16F3N3O3S. The summed E-state index contributed by atoms with van der Waals surface area (Å²) < 4.78 is 47.3. The summed E-state index contributed by atoms with van der Waals surface area (Å²) in [6.07, 6.45) is -3.23. The third-order valence-electron chi connectivity index (χ3n) is 4.34. The van der Waals surface area contributed by atoms with Crippen LogP contribution in [0, 0.1) is 0 Å². The minimum Gasteiger partial charge on any atom is -0.464 e. The summed E-state index contributed by atoms with van der Waals surface area (Å²) in [5.41, 5.74) is 0.751. The smallest absolute Gasteiger partial charge is 0.464 e. The molecule has 1 aromatic carbocycles. The maximum Gasteiger partial charge on any atom is 0.573 e. The van der Waals surface area contributed by atoms with Crippen LogP contribution in [0.15, 0.2) is 57.3 Å². The zero-order valence-corrected chi connectivity index (χ0v) is 16.5. The SMILES string of the molecule is CN(Cc1nc2scc(-c3ccco3)c2c(=O)[nH]1)Cc1ccccc1OC(F)(F)F. The van der Waals surface area contributed by atoms with Gasteiger partial charge < -0.3 is 14.1 Å². The standard InChI is InChI=1S/C20H16F3N3O3S/c1-26(9-12-5-2-3-6-14(12)29-20(21,22)23)10-16-24-18(27)17-13(11-30-19(17)25-16)15-7-4-8-28-15/h2-8,11H,9-10H2,1H3,(H,24,25,27). The molecule has 3 aromatic heterocycles. The van der Waals surface area contributed by atoms with Gasteiger partial charge in [0, 0.05) is 23.1 Å². The van der Waals surface area contributed by atoms with E-state index < -0.39 is 6.36 Å². The van der Waals surface area contributed by atoms with Gasteiger partial charge in [0.05, 0.1) is 18.2 Å². The average molecular weight is 435 g/mol. The number of rotatable bonds is 6. The predicted octanol–water partition coefficient (Wildman–Crippen LogP) is 4.78. The van der Waals surface area contributed by atoms with Crippen LogP contribution in [0.4, 0.5) is 13.2 Å². The summed E-state index contributed by atoms with van der Waals surface area (Å²) in [7, 11) is 1.72. The number of benzene rings is 1. The first kappa shape index (κ1) is 20.2. The Hall–Kier alpha value is -3.11. The number of thiophene rings is 1. The highest BCUT2D eigenvalue weighted by Crippen LogP contribution is 2.31. The van der Waals surface area contributed by atoms with Crippen LogP contribution in [0.1, 0.15) is 11.4 Å². The van der Waals surface area contributed by atoms with E-state index >= 15 is 0 Å². The van der Waals surface area contributed by atoms with Gasteiger partial charge in [0.2, 0.25) is 0 Å². The predicted molar refractivity (Wildman–Crippen MR) is 106 cm³/mol. The largest absolute Gasteiger partial charge is 0.573 e. The summed E-state index contributed by atoms with van der Waals surface area (Å²) in [5, 5.41) is 2.26. The molecule has 1 N–H and O–H groups in total. The fourth-order valence-electron chi connectivity index (χ4n) is 3.14. The molecule has 0 saturated carbocycles. The van der Waals surface area contributed by atoms with Crippen LogP contribution < -0.4 is 10.3 Å². The Labute approximate surface area is 172 Å². The molecule has 0 saturated heterocycles. The number of nitrogens with zero attached hydrogens (tertiary/aromatic N) is 2. The number of hydrogen-bond donors (Lipinski definition) is 1. The molecule has 0 aliphatic heterocycles. The van der Waals surface area contributed by atoms with Crippen molar-refractivity contribution in [1.82, 2.24) is 14.9 Å². The van der Waals surface area contributed by atoms with E-state index in [4.69, 9.17) is 4.42 Å². The number of para-hydroxylation sites is 1. The van der Waals surface area contributed by atoms with Gasteiger partial charge in [-0.1, -0.05) is 18.2 Å². The second-order valence-corrected chi connectivity index (χ2v) is 7.51. The quantitative estimate of drug-likeness (QED) is 0.472. The van der Waals surface area contributed by atoms with Crippen molar-refractivity contribution in [2.45, 2.75) is 19.5 Å². The minimum absolute atomic E-state index is 0.177. The fraction of sp³-hybridized carbons (Fsp3) is 0.200. The maximum atomic E-state index is 12.6. The van der Waals surface area contributed by atoms with Crippen LogP contribution in [0.2, 0.25) is 0 Å². The van der Waals surface area contributed by atoms with Gasteiger partial charge in [-0.2, -0.15) is 0 Å². The van der Waals surface area contributed by atoms with Gasteiger partial charge in [-0.05, 0) is 25.2 Å². The molecule has 30 heavy (non-hydrogen) atoms. The molecule has 0 amide bonds. The van der Waals surface area contributed by atoms with E-state index in [1.54, 1.807) is 36.2 Å². The molecule has 4 aromatic rings. The summed E-state index contributed by atoms with van der Waals surface area (Å²) in [4.78, 5) is 22.2. The molecule has 10 heteroatoms. The number of fused-ring (bicyclic) bond motifs is 1. The first-order valence-electron chi connectivity index (χ1n) is 8.86. The zero-order valence-electron chi connectivity index (χ0n) is 15.7. The number of aromatic amines is 1. The summed E-state index contributed by atoms with van der Waals surface area (Å²) in [5.74, 6) is 0.742. The molecule has 156 valence electrons. The number of alkyl halides is 3. The Kier molecular flexibility index (Phi) is 5.35. The molecule has 0 radical (unpaired) electrons. The molecule has 3 heterocycles. The molecule has 6 nitrogen and oxygen atoms in total. The average Bonchev–Trinajstić information content (AvgIpc) is 3.31. The van der Waals surface area contributed by atoms with Crippen LogP contribution in [-0.2, 0) is 13.1 Å². The molecule has 0 bridgehead atoms. The number of aromatic nitrogens is 2. The summed E-state index contributed by atoms with van der Waals surface area (Å²) in [6.45, 7) is 0.412. The van der Waals surface area contributed by atoms with Crippen LogP contribution in [0.3, 0.4) is 0 Å². The Morgan fingerprint density at radius 2 is 2.00 bits per heavy atom. The lowest BCUT2D eigenvalue weighted by molar-refractivity contribution is -0.275. The molecular weight excluding hydrogens is 419 g/mol. The van der Waals surface area contributed by atoms with Gasteiger partial charge in [0.15, 0.2) is 0 Å². The lowest BCUT2D eigenvalue weighted by Gasteiger charge is -2.19. The number of ether oxygens (including phenoxy) is 1. The van der Waals surface area contributed by atoms with Crippen molar-refractivity contribution in [3.05, 3.63) is 69.8 Å². The number of nitrogens with one attached hydrogen (secondary N) is 1. The van der Waals surface area contributed by atoms with Crippen molar-refractivity contribution in [2.24, 2.45) is 0 Å².